The van der Waals surface area contributed by atoms with Crippen LogP contribution in [0.25, 0.3) is 0 Å². The molecule has 20 heavy (non-hydrogen) atoms. The lowest BCUT2D eigenvalue weighted by atomic mass is 10.1. The Morgan fingerprint density at radius 3 is 2.60 bits per heavy atom. The third-order valence-electron chi connectivity index (χ3n) is 3.52. The molecule has 0 amide bonds. The van der Waals surface area contributed by atoms with Gasteiger partial charge in [-0.15, -0.1) is 0 Å². The van der Waals surface area contributed by atoms with E-state index in [1.165, 1.54) is 12.0 Å². The molecule has 1 fully saturated rings. The van der Waals surface area contributed by atoms with E-state index in [9.17, 15) is 0 Å². The molecule has 1 saturated heterocycles. The van der Waals surface area contributed by atoms with Crippen LogP contribution < -0.4 is 5.32 Å². The van der Waals surface area contributed by atoms with Crippen LogP contribution in [0.5, 0.6) is 0 Å². The average Bonchev–Trinajstić information content (AvgIpc) is 2.46. The Bertz CT molecular complexity index is 410. The van der Waals surface area contributed by atoms with Crippen molar-refractivity contribution in [2.75, 3.05) is 31.2 Å². The molecule has 0 aliphatic carbocycles. The molecule has 1 unspecified atom stereocenters. The van der Waals surface area contributed by atoms with E-state index in [1.54, 1.807) is 0 Å². The Morgan fingerprint density at radius 2 is 2.00 bits per heavy atom. The van der Waals surface area contributed by atoms with E-state index in [4.69, 9.17) is 4.74 Å². The van der Waals surface area contributed by atoms with Gasteiger partial charge in [-0.3, -0.25) is 0 Å². The maximum Gasteiger partial charge on any atom is 0.158 e. The predicted molar refractivity (Wildman–Crippen MR) is 84.4 cm³/mol. The van der Waals surface area contributed by atoms with Gasteiger partial charge in [-0.2, -0.15) is 11.8 Å². The number of nitrogens with zero attached hydrogens (tertiary/aromatic N) is 2. The Morgan fingerprint density at radius 1 is 1.25 bits per heavy atom. The van der Waals surface area contributed by atoms with Crippen molar-refractivity contribution in [3.05, 3.63) is 22.8 Å². The maximum absolute atomic E-state index is 5.77. The van der Waals surface area contributed by atoms with Gasteiger partial charge in [0, 0.05) is 22.9 Å². The van der Waals surface area contributed by atoms with Crippen LogP contribution in [0.1, 0.15) is 42.2 Å². The van der Waals surface area contributed by atoms with Crippen LogP contribution in [-0.4, -0.2) is 41.2 Å². The number of hydrogen-bond acceptors (Lipinski definition) is 5. The van der Waals surface area contributed by atoms with Crippen LogP contribution in [0.4, 0.5) is 0 Å². The summed E-state index contributed by atoms with van der Waals surface area (Å²) in [5.74, 6) is 2.91. The Labute approximate surface area is 126 Å². The van der Waals surface area contributed by atoms with E-state index in [2.05, 4.69) is 36.1 Å². The average molecular weight is 295 g/mol. The minimum atomic E-state index is 0.0680. The van der Waals surface area contributed by atoms with E-state index < -0.39 is 0 Å². The van der Waals surface area contributed by atoms with Gasteiger partial charge in [0.15, 0.2) is 5.82 Å². The van der Waals surface area contributed by atoms with Crippen molar-refractivity contribution in [3.8, 4) is 0 Å². The summed E-state index contributed by atoms with van der Waals surface area (Å²) in [5, 5.41) is 3.43. The normalized spacial score (nSPS) is 19.2. The summed E-state index contributed by atoms with van der Waals surface area (Å²) in [5.41, 5.74) is 3.48. The fraction of sp³-hybridized carbons (Fsp3) is 0.733. The summed E-state index contributed by atoms with van der Waals surface area (Å²) >= 11 is 1.92. The molecular formula is C15H25N3OS. The van der Waals surface area contributed by atoms with Crippen LogP contribution in [0.15, 0.2) is 0 Å². The molecule has 112 valence electrons. The smallest absolute Gasteiger partial charge is 0.158 e. The van der Waals surface area contributed by atoms with Crippen LogP contribution in [-0.2, 0) is 11.2 Å². The molecule has 5 heteroatoms. The summed E-state index contributed by atoms with van der Waals surface area (Å²) < 4.78 is 5.77. The van der Waals surface area contributed by atoms with Gasteiger partial charge in [-0.05, 0) is 45.3 Å². The number of thioether (sulfide) groups is 1. The number of rotatable bonds is 6. The first-order valence-electron chi connectivity index (χ1n) is 7.46. The minimum Gasteiger partial charge on any atom is -0.368 e. The van der Waals surface area contributed by atoms with Crippen molar-refractivity contribution in [1.82, 2.24) is 15.3 Å². The summed E-state index contributed by atoms with van der Waals surface area (Å²) in [6.45, 7) is 9.23. The van der Waals surface area contributed by atoms with Crippen LogP contribution in [0.2, 0.25) is 0 Å². The first-order valence-corrected chi connectivity index (χ1v) is 8.62. The van der Waals surface area contributed by atoms with Gasteiger partial charge >= 0.3 is 0 Å². The molecule has 1 aromatic heterocycles. The molecule has 0 aromatic carbocycles. The summed E-state index contributed by atoms with van der Waals surface area (Å²) in [6, 6.07) is 0. The van der Waals surface area contributed by atoms with E-state index in [0.29, 0.717) is 0 Å². The van der Waals surface area contributed by atoms with Crippen LogP contribution >= 0.6 is 11.8 Å². The predicted octanol–water partition coefficient (Wildman–Crippen LogP) is 2.44. The van der Waals surface area contributed by atoms with Gasteiger partial charge in [0.2, 0.25) is 0 Å². The highest BCUT2D eigenvalue weighted by molar-refractivity contribution is 7.99. The molecule has 0 bridgehead atoms. The van der Waals surface area contributed by atoms with Gasteiger partial charge in [-0.25, -0.2) is 9.97 Å². The lowest BCUT2D eigenvalue weighted by Crippen LogP contribution is -2.21. The third-order valence-corrected chi connectivity index (χ3v) is 4.51. The monoisotopic (exact) mass is 295 g/mol. The van der Waals surface area contributed by atoms with Gasteiger partial charge < -0.3 is 10.1 Å². The van der Waals surface area contributed by atoms with Crippen molar-refractivity contribution in [2.45, 2.75) is 39.7 Å². The fourth-order valence-corrected chi connectivity index (χ4v) is 3.26. The molecule has 1 aromatic rings. The summed E-state index contributed by atoms with van der Waals surface area (Å²) in [6.07, 6.45) is 2.24. The molecular weight excluding hydrogens is 270 g/mol. The van der Waals surface area contributed by atoms with Crippen LogP contribution in [0, 0.1) is 13.8 Å². The number of hydrogen-bond donors (Lipinski definition) is 1. The molecule has 2 rings (SSSR count). The highest BCUT2D eigenvalue weighted by Crippen LogP contribution is 2.25. The topological polar surface area (TPSA) is 47.0 Å². The molecule has 0 radical (unpaired) electrons. The van der Waals surface area contributed by atoms with E-state index in [1.807, 2.05) is 11.8 Å². The zero-order valence-electron chi connectivity index (χ0n) is 12.7. The van der Waals surface area contributed by atoms with Gasteiger partial charge in [-0.1, -0.05) is 6.92 Å². The van der Waals surface area contributed by atoms with E-state index in [0.717, 1.165) is 54.8 Å². The molecule has 1 N–H and O–H groups in total. The van der Waals surface area contributed by atoms with Gasteiger partial charge in [0.1, 0.15) is 6.10 Å². The second-order valence-electron chi connectivity index (χ2n) is 5.17. The number of nitrogens with one attached hydrogen (secondary N) is 1. The second-order valence-corrected chi connectivity index (χ2v) is 6.32. The maximum atomic E-state index is 5.77. The summed E-state index contributed by atoms with van der Waals surface area (Å²) in [7, 11) is 0. The van der Waals surface area contributed by atoms with Crippen LogP contribution in [0.3, 0.4) is 0 Å². The standard InChI is InChI=1S/C15H25N3OS/c1-4-6-16-7-5-13-11(2)17-15(18-12(13)3)14-10-20-9-8-19-14/h14,16H,4-10H2,1-3H3. The van der Waals surface area contributed by atoms with Gasteiger partial charge in [0.25, 0.3) is 0 Å². The minimum absolute atomic E-state index is 0.0680. The lowest BCUT2D eigenvalue weighted by molar-refractivity contribution is 0.0691. The van der Waals surface area contributed by atoms with Crippen molar-refractivity contribution in [2.24, 2.45) is 0 Å². The lowest BCUT2D eigenvalue weighted by Gasteiger charge is -2.22. The number of ether oxygens (including phenoxy) is 1. The second kappa shape index (κ2) is 7.96. The van der Waals surface area contributed by atoms with E-state index in [-0.39, 0.29) is 6.10 Å². The summed E-state index contributed by atoms with van der Waals surface area (Å²) in [4.78, 5) is 9.36. The zero-order valence-corrected chi connectivity index (χ0v) is 13.6. The molecule has 1 aliphatic rings. The van der Waals surface area contributed by atoms with E-state index >= 15 is 0 Å². The first-order chi connectivity index (χ1) is 9.72. The van der Waals surface area contributed by atoms with Crippen molar-refractivity contribution in [3.63, 3.8) is 0 Å². The largest absolute Gasteiger partial charge is 0.368 e. The zero-order chi connectivity index (χ0) is 14.4. The molecule has 0 saturated carbocycles. The SMILES string of the molecule is CCCNCCc1c(C)nc(C2CSCCO2)nc1C. The Hall–Kier alpha value is -0.650. The fourth-order valence-electron chi connectivity index (χ4n) is 2.42. The van der Waals surface area contributed by atoms with Gasteiger partial charge in [0.05, 0.1) is 6.61 Å². The van der Waals surface area contributed by atoms with Crippen molar-refractivity contribution < 1.29 is 4.74 Å². The number of aryl methyl sites for hydroxylation is 2. The quantitative estimate of drug-likeness (QED) is 0.817. The van der Waals surface area contributed by atoms with Crippen molar-refractivity contribution in [1.29, 1.82) is 0 Å². The Balaban J connectivity index is 2.03. The Kier molecular flexibility index (Phi) is 6.26. The third kappa shape index (κ3) is 4.17. The molecule has 1 aliphatic heterocycles. The molecule has 1 atom stereocenters. The highest BCUT2D eigenvalue weighted by atomic mass is 32.2. The molecule has 4 nitrogen and oxygen atoms in total. The number of aromatic nitrogens is 2. The highest BCUT2D eigenvalue weighted by Gasteiger charge is 2.20. The van der Waals surface area contributed by atoms with Crippen molar-refractivity contribution >= 4 is 11.8 Å². The molecule has 2 heterocycles. The first kappa shape index (κ1) is 15.7. The molecule has 0 spiro atoms.